The zero-order valence-electron chi connectivity index (χ0n) is 17.8. The van der Waals surface area contributed by atoms with Gasteiger partial charge in [-0.05, 0) is 51.3 Å². The highest BCUT2D eigenvalue weighted by Crippen LogP contribution is 2.23. The van der Waals surface area contributed by atoms with Gasteiger partial charge in [-0.15, -0.1) is 0 Å². The number of nitrogens with one attached hydrogen (secondary N) is 1. The van der Waals surface area contributed by atoms with Crippen molar-refractivity contribution in [2.45, 2.75) is 31.5 Å². The Kier molecular flexibility index (Phi) is 6.82. The van der Waals surface area contributed by atoms with E-state index in [4.69, 9.17) is 0 Å². The number of hydrogen-bond acceptors (Lipinski definition) is 5. The first-order valence-electron chi connectivity index (χ1n) is 9.88. The second kappa shape index (κ2) is 9.18. The standard InChI is InChI=1S/C21H28FN5O2S/c1-21(2,3)24-18(28)14-25-9-11-26(12-10-25)19(29)17-13-23-20(30-4)27(17)16-7-5-15(22)6-8-16/h5-8,13H,9-12,14H2,1-4H3,(H,24,28). The molecule has 2 heterocycles. The van der Waals surface area contributed by atoms with Crippen molar-refractivity contribution in [1.29, 1.82) is 0 Å². The van der Waals surface area contributed by atoms with E-state index in [1.165, 1.54) is 23.9 Å². The lowest BCUT2D eigenvalue weighted by Gasteiger charge is -2.35. The molecule has 0 spiro atoms. The van der Waals surface area contributed by atoms with Gasteiger partial charge in [0, 0.05) is 37.4 Å². The number of halogens is 1. The first-order chi connectivity index (χ1) is 14.2. The minimum atomic E-state index is -0.330. The Hall–Kier alpha value is -2.39. The predicted molar refractivity (Wildman–Crippen MR) is 116 cm³/mol. The Balaban J connectivity index is 1.68. The minimum absolute atomic E-state index is 0.0127. The number of amides is 2. The summed E-state index contributed by atoms with van der Waals surface area (Å²) < 4.78 is 15.1. The third-order valence-corrected chi connectivity index (χ3v) is 5.41. The summed E-state index contributed by atoms with van der Waals surface area (Å²) in [5.41, 5.74) is 0.881. The molecule has 162 valence electrons. The number of imidazole rings is 1. The number of piperazine rings is 1. The average molecular weight is 434 g/mol. The van der Waals surface area contributed by atoms with Gasteiger partial charge in [0.15, 0.2) is 5.16 Å². The molecule has 0 aliphatic carbocycles. The molecule has 30 heavy (non-hydrogen) atoms. The summed E-state index contributed by atoms with van der Waals surface area (Å²) in [5, 5.41) is 3.63. The molecule has 1 aromatic heterocycles. The van der Waals surface area contributed by atoms with Crippen molar-refractivity contribution in [1.82, 2.24) is 24.7 Å². The number of rotatable bonds is 5. The van der Waals surface area contributed by atoms with Crippen molar-refractivity contribution in [2.75, 3.05) is 39.0 Å². The van der Waals surface area contributed by atoms with Crippen LogP contribution in [-0.4, -0.2) is 75.7 Å². The van der Waals surface area contributed by atoms with Gasteiger partial charge >= 0.3 is 0 Å². The first kappa shape index (κ1) is 22.3. The average Bonchev–Trinajstić information content (AvgIpc) is 3.11. The van der Waals surface area contributed by atoms with Gasteiger partial charge in [-0.1, -0.05) is 11.8 Å². The third kappa shape index (κ3) is 5.40. The van der Waals surface area contributed by atoms with Gasteiger partial charge in [0.05, 0.1) is 12.7 Å². The molecule has 0 unspecified atom stereocenters. The van der Waals surface area contributed by atoms with Gasteiger partial charge in [-0.3, -0.25) is 19.1 Å². The van der Waals surface area contributed by atoms with Crippen LogP contribution in [0.5, 0.6) is 0 Å². The fourth-order valence-corrected chi connectivity index (χ4v) is 3.95. The Bertz CT molecular complexity index is 899. The molecule has 0 radical (unpaired) electrons. The van der Waals surface area contributed by atoms with Crippen LogP contribution in [0.15, 0.2) is 35.6 Å². The molecule has 1 aromatic carbocycles. The van der Waals surface area contributed by atoms with E-state index in [2.05, 4.69) is 15.2 Å². The van der Waals surface area contributed by atoms with E-state index < -0.39 is 0 Å². The highest BCUT2D eigenvalue weighted by atomic mass is 32.2. The zero-order chi connectivity index (χ0) is 21.9. The molecule has 7 nitrogen and oxygen atoms in total. The van der Waals surface area contributed by atoms with Crippen LogP contribution in [0.4, 0.5) is 4.39 Å². The molecule has 2 amide bonds. The lowest BCUT2D eigenvalue weighted by molar-refractivity contribution is -0.124. The predicted octanol–water partition coefficient (Wildman–Crippen LogP) is 2.41. The van der Waals surface area contributed by atoms with Crippen molar-refractivity contribution < 1.29 is 14.0 Å². The van der Waals surface area contributed by atoms with E-state index in [1.54, 1.807) is 27.8 Å². The third-order valence-electron chi connectivity index (χ3n) is 4.76. The molecule has 3 rings (SSSR count). The van der Waals surface area contributed by atoms with Crippen LogP contribution in [-0.2, 0) is 4.79 Å². The summed E-state index contributed by atoms with van der Waals surface area (Å²) >= 11 is 1.43. The monoisotopic (exact) mass is 433 g/mol. The normalized spacial score (nSPS) is 15.3. The van der Waals surface area contributed by atoms with Crippen molar-refractivity contribution in [3.8, 4) is 5.69 Å². The number of aromatic nitrogens is 2. The maximum absolute atomic E-state index is 13.3. The molecule has 1 N–H and O–H groups in total. The molecule has 1 saturated heterocycles. The summed E-state index contributed by atoms with van der Waals surface area (Å²) in [4.78, 5) is 33.5. The lowest BCUT2D eigenvalue weighted by atomic mass is 10.1. The van der Waals surface area contributed by atoms with Crippen molar-refractivity contribution in [3.05, 3.63) is 42.0 Å². The van der Waals surface area contributed by atoms with E-state index >= 15 is 0 Å². The number of hydrogen-bond donors (Lipinski definition) is 1. The number of nitrogens with zero attached hydrogens (tertiary/aromatic N) is 4. The molecular formula is C21H28FN5O2S. The smallest absolute Gasteiger partial charge is 0.272 e. The SMILES string of the molecule is CSc1ncc(C(=O)N2CCN(CC(=O)NC(C)(C)C)CC2)n1-c1ccc(F)cc1. The van der Waals surface area contributed by atoms with E-state index in [9.17, 15) is 14.0 Å². The molecule has 0 atom stereocenters. The summed E-state index contributed by atoms with van der Waals surface area (Å²) in [5.74, 6) is -0.462. The molecule has 1 fully saturated rings. The maximum Gasteiger partial charge on any atom is 0.272 e. The lowest BCUT2D eigenvalue weighted by Crippen LogP contribution is -2.53. The van der Waals surface area contributed by atoms with Crippen molar-refractivity contribution >= 4 is 23.6 Å². The first-order valence-corrected chi connectivity index (χ1v) is 11.1. The topological polar surface area (TPSA) is 70.5 Å². The molecular weight excluding hydrogens is 405 g/mol. The second-order valence-corrected chi connectivity index (χ2v) is 9.08. The number of benzene rings is 1. The van der Waals surface area contributed by atoms with E-state index in [0.717, 1.165) is 0 Å². The van der Waals surface area contributed by atoms with Crippen LogP contribution >= 0.6 is 11.8 Å². The maximum atomic E-state index is 13.3. The molecule has 1 aliphatic heterocycles. The molecule has 1 aliphatic rings. The van der Waals surface area contributed by atoms with Gasteiger partial charge in [-0.25, -0.2) is 9.37 Å². The number of carbonyl (C=O) groups excluding carboxylic acids is 2. The quantitative estimate of drug-likeness (QED) is 0.734. The number of carbonyl (C=O) groups is 2. The van der Waals surface area contributed by atoms with Gasteiger partial charge in [-0.2, -0.15) is 0 Å². The fourth-order valence-electron chi connectivity index (χ4n) is 3.40. The van der Waals surface area contributed by atoms with E-state index in [1.807, 2.05) is 27.0 Å². The molecule has 0 saturated carbocycles. The van der Waals surface area contributed by atoms with Crippen LogP contribution in [0, 0.1) is 5.82 Å². The van der Waals surface area contributed by atoms with Gasteiger partial charge < -0.3 is 10.2 Å². The largest absolute Gasteiger partial charge is 0.350 e. The van der Waals surface area contributed by atoms with Crippen LogP contribution in [0.3, 0.4) is 0 Å². The van der Waals surface area contributed by atoms with E-state index in [0.29, 0.717) is 49.3 Å². The number of thioether (sulfide) groups is 1. The molecule has 9 heteroatoms. The van der Waals surface area contributed by atoms with Crippen LogP contribution in [0.1, 0.15) is 31.3 Å². The van der Waals surface area contributed by atoms with Crippen LogP contribution < -0.4 is 5.32 Å². The summed E-state index contributed by atoms with van der Waals surface area (Å²) in [7, 11) is 0. The van der Waals surface area contributed by atoms with Gasteiger partial charge in [0.25, 0.3) is 5.91 Å². The Labute approximate surface area is 180 Å². The Morgan fingerprint density at radius 1 is 1.13 bits per heavy atom. The van der Waals surface area contributed by atoms with Crippen LogP contribution in [0.2, 0.25) is 0 Å². The van der Waals surface area contributed by atoms with E-state index in [-0.39, 0.29) is 23.2 Å². The highest BCUT2D eigenvalue weighted by molar-refractivity contribution is 7.98. The Morgan fingerprint density at radius 2 is 1.77 bits per heavy atom. The molecule has 0 bridgehead atoms. The fraction of sp³-hybridized carbons (Fsp3) is 0.476. The zero-order valence-corrected chi connectivity index (χ0v) is 18.6. The van der Waals surface area contributed by atoms with Gasteiger partial charge in [0.2, 0.25) is 5.91 Å². The van der Waals surface area contributed by atoms with Gasteiger partial charge in [0.1, 0.15) is 11.5 Å². The summed E-state index contributed by atoms with van der Waals surface area (Å²) in [6, 6.07) is 6.02. The van der Waals surface area contributed by atoms with Crippen molar-refractivity contribution in [3.63, 3.8) is 0 Å². The highest BCUT2D eigenvalue weighted by Gasteiger charge is 2.27. The van der Waals surface area contributed by atoms with Crippen LogP contribution in [0.25, 0.3) is 5.69 Å². The summed E-state index contributed by atoms with van der Waals surface area (Å²) in [6.07, 6.45) is 3.46. The molecule has 2 aromatic rings. The minimum Gasteiger partial charge on any atom is -0.350 e. The Morgan fingerprint density at radius 3 is 2.33 bits per heavy atom. The van der Waals surface area contributed by atoms with Crippen molar-refractivity contribution in [2.24, 2.45) is 0 Å². The summed E-state index contributed by atoms with van der Waals surface area (Å²) in [6.45, 7) is 8.50. The second-order valence-electron chi connectivity index (χ2n) is 8.31.